The number of carbonyl (C=O) groups excluding carboxylic acids is 2. The van der Waals surface area contributed by atoms with Crippen LogP contribution in [0.15, 0.2) is 53.4 Å². The van der Waals surface area contributed by atoms with Crippen LogP contribution in [-0.2, 0) is 16.1 Å². The quantitative estimate of drug-likeness (QED) is 0.296. The summed E-state index contributed by atoms with van der Waals surface area (Å²) in [6.45, 7) is 4.51. The lowest BCUT2D eigenvalue weighted by Crippen LogP contribution is -2.51. The molecule has 6 heteroatoms. The van der Waals surface area contributed by atoms with Crippen molar-refractivity contribution in [1.29, 1.82) is 0 Å². The van der Waals surface area contributed by atoms with Gasteiger partial charge < -0.3 is 10.2 Å². The van der Waals surface area contributed by atoms with Gasteiger partial charge in [0.15, 0.2) is 0 Å². The van der Waals surface area contributed by atoms with Gasteiger partial charge in [0, 0.05) is 28.9 Å². The predicted octanol–water partition coefficient (Wildman–Crippen LogP) is 6.39. The largest absolute Gasteiger partial charge is 0.352 e. The Morgan fingerprint density at radius 2 is 1.82 bits per heavy atom. The van der Waals surface area contributed by atoms with Crippen LogP contribution in [-0.4, -0.2) is 34.6 Å². The van der Waals surface area contributed by atoms with Crippen LogP contribution in [0, 0.1) is 6.92 Å². The Hall–Kier alpha value is -1.98. The minimum atomic E-state index is -0.443. The molecule has 2 aromatic carbocycles. The normalized spacial score (nSPS) is 14.8. The van der Waals surface area contributed by atoms with E-state index in [0.29, 0.717) is 19.4 Å². The van der Waals surface area contributed by atoms with Gasteiger partial charge in [-0.15, -0.1) is 11.8 Å². The maximum atomic E-state index is 13.4. The Morgan fingerprint density at radius 3 is 2.48 bits per heavy atom. The fourth-order valence-electron chi connectivity index (χ4n) is 4.35. The summed E-state index contributed by atoms with van der Waals surface area (Å²) < 4.78 is 0. The van der Waals surface area contributed by atoms with Gasteiger partial charge in [0.2, 0.25) is 11.8 Å². The monoisotopic (exact) mass is 486 g/mol. The molecule has 0 saturated heterocycles. The summed E-state index contributed by atoms with van der Waals surface area (Å²) in [6.07, 6.45) is 6.20. The van der Waals surface area contributed by atoms with Crippen molar-refractivity contribution in [2.75, 3.05) is 5.75 Å². The zero-order chi connectivity index (χ0) is 23.6. The van der Waals surface area contributed by atoms with Gasteiger partial charge in [-0.2, -0.15) is 0 Å². The molecule has 0 aliphatic heterocycles. The molecule has 1 N–H and O–H groups in total. The summed E-state index contributed by atoms with van der Waals surface area (Å²) in [4.78, 5) is 29.5. The van der Waals surface area contributed by atoms with Crippen LogP contribution in [0.5, 0.6) is 0 Å². The molecule has 0 aromatic heterocycles. The summed E-state index contributed by atoms with van der Waals surface area (Å²) in [6, 6.07) is 15.7. The Bertz CT molecular complexity index is 913. The molecule has 1 atom stereocenters. The van der Waals surface area contributed by atoms with Crippen molar-refractivity contribution >= 4 is 35.2 Å². The number of carbonyl (C=O) groups is 2. The summed E-state index contributed by atoms with van der Waals surface area (Å²) >= 11 is 7.68. The smallest absolute Gasteiger partial charge is 0.243 e. The highest BCUT2D eigenvalue weighted by Gasteiger charge is 2.30. The van der Waals surface area contributed by atoms with Crippen LogP contribution >= 0.6 is 23.4 Å². The Balaban J connectivity index is 1.65. The van der Waals surface area contributed by atoms with E-state index in [2.05, 4.69) is 18.3 Å². The van der Waals surface area contributed by atoms with E-state index < -0.39 is 6.04 Å². The van der Waals surface area contributed by atoms with Gasteiger partial charge >= 0.3 is 0 Å². The van der Waals surface area contributed by atoms with E-state index in [1.54, 1.807) is 16.7 Å². The number of amides is 2. The van der Waals surface area contributed by atoms with Crippen LogP contribution in [0.25, 0.3) is 0 Å². The molecule has 178 valence electrons. The summed E-state index contributed by atoms with van der Waals surface area (Å²) in [5.74, 6) is 0.877. The molecule has 33 heavy (non-hydrogen) atoms. The molecule has 2 aromatic rings. The molecule has 0 unspecified atom stereocenters. The summed E-state index contributed by atoms with van der Waals surface area (Å²) in [5.41, 5.74) is 2.23. The third-order valence-corrected chi connectivity index (χ3v) is 7.66. The minimum absolute atomic E-state index is 0.0122. The second kappa shape index (κ2) is 13.0. The molecule has 2 amide bonds. The van der Waals surface area contributed by atoms with E-state index in [9.17, 15) is 9.59 Å². The highest BCUT2D eigenvalue weighted by molar-refractivity contribution is 7.99. The Kier molecular flexibility index (Phi) is 10.1. The highest BCUT2D eigenvalue weighted by Crippen LogP contribution is 2.23. The number of rotatable bonds is 11. The molecular formula is C27H35ClN2O2S. The first kappa shape index (κ1) is 25.6. The fraction of sp³-hybridized carbons (Fsp3) is 0.481. The van der Waals surface area contributed by atoms with E-state index in [1.807, 2.05) is 49.4 Å². The van der Waals surface area contributed by atoms with Crippen molar-refractivity contribution in [2.24, 2.45) is 0 Å². The molecule has 4 nitrogen and oxygen atoms in total. The predicted molar refractivity (Wildman–Crippen MR) is 138 cm³/mol. The lowest BCUT2D eigenvalue weighted by Gasteiger charge is -2.32. The van der Waals surface area contributed by atoms with Crippen LogP contribution in [0.4, 0.5) is 0 Å². The first-order valence-corrected chi connectivity index (χ1v) is 13.4. The third kappa shape index (κ3) is 7.79. The molecule has 0 radical (unpaired) electrons. The van der Waals surface area contributed by atoms with Gasteiger partial charge in [-0.05, 0) is 73.8 Å². The molecule has 1 aliphatic carbocycles. The van der Waals surface area contributed by atoms with Crippen LogP contribution < -0.4 is 5.32 Å². The molecule has 0 spiro atoms. The molecule has 1 saturated carbocycles. The van der Waals surface area contributed by atoms with Crippen molar-refractivity contribution in [2.45, 2.75) is 82.3 Å². The standard InChI is InChI=1S/C27H35ClN2O2S/c1-3-25(27(32)29-23-11-6-7-12-23)30(19-21-10-5-4-9-20(21)2)26(31)13-8-18-33-24-16-14-22(28)15-17-24/h4-5,9-10,14-17,23,25H,3,6-8,11-13,18-19H2,1-2H3,(H,29,32)/t25-/m1/s1. The van der Waals surface area contributed by atoms with E-state index >= 15 is 0 Å². The zero-order valence-corrected chi connectivity index (χ0v) is 21.3. The van der Waals surface area contributed by atoms with Gasteiger partial charge in [0.1, 0.15) is 6.04 Å². The van der Waals surface area contributed by atoms with Crippen molar-refractivity contribution in [3.63, 3.8) is 0 Å². The summed E-state index contributed by atoms with van der Waals surface area (Å²) in [5, 5.41) is 3.94. The molecule has 3 rings (SSSR count). The topological polar surface area (TPSA) is 49.4 Å². The van der Waals surface area contributed by atoms with E-state index in [1.165, 1.54) is 12.8 Å². The number of nitrogens with zero attached hydrogens (tertiary/aromatic N) is 1. The van der Waals surface area contributed by atoms with Crippen molar-refractivity contribution < 1.29 is 9.59 Å². The fourth-order valence-corrected chi connectivity index (χ4v) is 5.32. The first-order chi connectivity index (χ1) is 16.0. The number of halogens is 1. The van der Waals surface area contributed by atoms with Gasteiger partial charge in [-0.1, -0.05) is 55.6 Å². The number of thioether (sulfide) groups is 1. The first-order valence-electron chi connectivity index (χ1n) is 12.0. The lowest BCUT2D eigenvalue weighted by molar-refractivity contribution is -0.141. The van der Waals surface area contributed by atoms with Gasteiger partial charge in [-0.25, -0.2) is 0 Å². The van der Waals surface area contributed by atoms with E-state index in [0.717, 1.165) is 46.1 Å². The molecule has 0 bridgehead atoms. The van der Waals surface area contributed by atoms with Gasteiger partial charge in [0.25, 0.3) is 0 Å². The average molecular weight is 487 g/mol. The number of benzene rings is 2. The highest BCUT2D eigenvalue weighted by atomic mass is 35.5. The Morgan fingerprint density at radius 1 is 1.12 bits per heavy atom. The third-order valence-electron chi connectivity index (χ3n) is 6.31. The number of hydrogen-bond donors (Lipinski definition) is 1. The van der Waals surface area contributed by atoms with E-state index in [4.69, 9.17) is 11.6 Å². The van der Waals surface area contributed by atoms with Crippen LogP contribution in [0.3, 0.4) is 0 Å². The molecule has 1 fully saturated rings. The summed E-state index contributed by atoms with van der Waals surface area (Å²) in [7, 11) is 0. The maximum Gasteiger partial charge on any atom is 0.243 e. The van der Waals surface area contributed by atoms with Crippen molar-refractivity contribution in [3.8, 4) is 0 Å². The van der Waals surface area contributed by atoms with E-state index in [-0.39, 0.29) is 17.9 Å². The van der Waals surface area contributed by atoms with Crippen molar-refractivity contribution in [1.82, 2.24) is 10.2 Å². The SMILES string of the molecule is CC[C@H](C(=O)NC1CCCC1)N(Cc1ccccc1C)C(=O)CCCSc1ccc(Cl)cc1. The number of nitrogens with one attached hydrogen (secondary N) is 1. The number of aryl methyl sites for hydroxylation is 1. The van der Waals surface area contributed by atoms with Gasteiger partial charge in [0.05, 0.1) is 0 Å². The average Bonchev–Trinajstić information content (AvgIpc) is 3.32. The molecule has 0 heterocycles. The lowest BCUT2D eigenvalue weighted by atomic mass is 10.0. The van der Waals surface area contributed by atoms with Gasteiger partial charge in [-0.3, -0.25) is 9.59 Å². The van der Waals surface area contributed by atoms with Crippen molar-refractivity contribution in [3.05, 3.63) is 64.7 Å². The minimum Gasteiger partial charge on any atom is -0.352 e. The second-order valence-corrected chi connectivity index (χ2v) is 10.4. The molecule has 1 aliphatic rings. The Labute approximate surface area is 207 Å². The van der Waals surface area contributed by atoms with Crippen LogP contribution in [0.1, 0.15) is 63.0 Å². The second-order valence-electron chi connectivity index (χ2n) is 8.77. The number of hydrogen-bond acceptors (Lipinski definition) is 3. The molecular weight excluding hydrogens is 452 g/mol. The zero-order valence-electron chi connectivity index (χ0n) is 19.7. The maximum absolute atomic E-state index is 13.4. The van der Waals surface area contributed by atoms with Crippen LogP contribution in [0.2, 0.25) is 5.02 Å².